The number of rotatable bonds is 4. The molecule has 1 aromatic carbocycles. The Morgan fingerprint density at radius 3 is 2.38 bits per heavy atom. The van der Waals surface area contributed by atoms with Crippen molar-refractivity contribution in [3.05, 3.63) is 52.3 Å². The van der Waals surface area contributed by atoms with Crippen LogP contribution in [0, 0.1) is 0 Å². The highest BCUT2D eigenvalue weighted by Crippen LogP contribution is 2.22. The molecule has 0 saturated carbocycles. The Hall–Kier alpha value is -1.85. The van der Waals surface area contributed by atoms with Crippen molar-refractivity contribution in [1.82, 2.24) is 15.1 Å². The second-order valence-corrected chi connectivity index (χ2v) is 7.48. The standard InChI is InChI=1S/C18H24ClN3O2/c1-11(16(23)12-6-8-13(19)9-7-12)20-17(24)14-10-15(18(2,3)4)21-22(14)5/h6-11,16,23H,1-5H3,(H,20,24). The van der Waals surface area contributed by atoms with Crippen LogP contribution >= 0.6 is 11.6 Å². The van der Waals surface area contributed by atoms with E-state index in [1.165, 1.54) is 0 Å². The van der Waals surface area contributed by atoms with Crippen LogP contribution < -0.4 is 5.32 Å². The SMILES string of the molecule is CC(NC(=O)c1cc(C(C)(C)C)nn1C)C(O)c1ccc(Cl)cc1. The smallest absolute Gasteiger partial charge is 0.269 e. The van der Waals surface area contributed by atoms with E-state index >= 15 is 0 Å². The van der Waals surface area contributed by atoms with Gasteiger partial charge in [-0.05, 0) is 30.7 Å². The summed E-state index contributed by atoms with van der Waals surface area (Å²) in [6.45, 7) is 7.90. The summed E-state index contributed by atoms with van der Waals surface area (Å²) >= 11 is 5.86. The lowest BCUT2D eigenvalue weighted by Crippen LogP contribution is -2.37. The Bertz CT molecular complexity index is 717. The number of carbonyl (C=O) groups excluding carboxylic acids is 1. The minimum Gasteiger partial charge on any atom is -0.386 e. The summed E-state index contributed by atoms with van der Waals surface area (Å²) in [7, 11) is 1.74. The third kappa shape index (κ3) is 4.16. The fourth-order valence-corrected chi connectivity index (χ4v) is 2.48. The molecule has 2 atom stereocenters. The molecular weight excluding hydrogens is 326 g/mol. The highest BCUT2D eigenvalue weighted by molar-refractivity contribution is 6.30. The summed E-state index contributed by atoms with van der Waals surface area (Å²) in [5.74, 6) is -0.263. The zero-order valence-electron chi connectivity index (χ0n) is 14.7. The molecule has 2 N–H and O–H groups in total. The highest BCUT2D eigenvalue weighted by atomic mass is 35.5. The number of nitrogens with one attached hydrogen (secondary N) is 1. The van der Waals surface area contributed by atoms with Crippen LogP contribution in [0.5, 0.6) is 0 Å². The number of amides is 1. The van der Waals surface area contributed by atoms with E-state index in [-0.39, 0.29) is 11.3 Å². The quantitative estimate of drug-likeness (QED) is 0.890. The van der Waals surface area contributed by atoms with Gasteiger partial charge in [0.15, 0.2) is 0 Å². The van der Waals surface area contributed by atoms with Gasteiger partial charge in [0.25, 0.3) is 5.91 Å². The zero-order valence-corrected chi connectivity index (χ0v) is 15.4. The van der Waals surface area contributed by atoms with Gasteiger partial charge in [-0.2, -0.15) is 5.10 Å². The normalized spacial score (nSPS) is 14.3. The van der Waals surface area contributed by atoms with Crippen molar-refractivity contribution >= 4 is 17.5 Å². The molecule has 2 rings (SSSR count). The monoisotopic (exact) mass is 349 g/mol. The van der Waals surface area contributed by atoms with Crippen LogP contribution in [0.1, 0.15) is 55.5 Å². The van der Waals surface area contributed by atoms with E-state index in [1.54, 1.807) is 49.0 Å². The van der Waals surface area contributed by atoms with Crippen LogP contribution in [0.15, 0.2) is 30.3 Å². The third-order valence-electron chi connectivity index (χ3n) is 3.92. The number of benzene rings is 1. The van der Waals surface area contributed by atoms with E-state index in [1.807, 2.05) is 20.8 Å². The first kappa shape index (κ1) is 18.5. The maximum absolute atomic E-state index is 12.5. The maximum Gasteiger partial charge on any atom is 0.269 e. The van der Waals surface area contributed by atoms with Crippen molar-refractivity contribution in [2.24, 2.45) is 7.05 Å². The lowest BCUT2D eigenvalue weighted by Gasteiger charge is -2.20. The van der Waals surface area contributed by atoms with Gasteiger partial charge >= 0.3 is 0 Å². The predicted molar refractivity (Wildman–Crippen MR) is 95.2 cm³/mol. The molecule has 24 heavy (non-hydrogen) atoms. The molecular formula is C18H24ClN3O2. The molecule has 1 heterocycles. The number of aromatic nitrogens is 2. The summed E-state index contributed by atoms with van der Waals surface area (Å²) in [6.07, 6.45) is -0.818. The zero-order chi connectivity index (χ0) is 18.1. The Morgan fingerprint density at radius 1 is 1.29 bits per heavy atom. The second kappa shape index (κ2) is 6.95. The van der Waals surface area contributed by atoms with Gasteiger partial charge in [-0.3, -0.25) is 9.48 Å². The van der Waals surface area contributed by atoms with E-state index in [4.69, 9.17) is 11.6 Å². The van der Waals surface area contributed by atoms with E-state index < -0.39 is 12.1 Å². The first-order chi connectivity index (χ1) is 11.1. The first-order valence-corrected chi connectivity index (χ1v) is 8.26. The Labute approximate surface area is 147 Å². The summed E-state index contributed by atoms with van der Waals surface area (Å²) < 4.78 is 1.57. The minimum absolute atomic E-state index is 0.134. The molecule has 0 aliphatic carbocycles. The molecule has 2 aromatic rings. The summed E-state index contributed by atoms with van der Waals surface area (Å²) in [4.78, 5) is 12.5. The van der Waals surface area contributed by atoms with Crippen LogP contribution in [0.25, 0.3) is 0 Å². The van der Waals surface area contributed by atoms with Crippen molar-refractivity contribution in [3.63, 3.8) is 0 Å². The fourth-order valence-electron chi connectivity index (χ4n) is 2.35. The van der Waals surface area contributed by atoms with E-state index in [2.05, 4.69) is 10.4 Å². The van der Waals surface area contributed by atoms with Gasteiger partial charge in [0.1, 0.15) is 5.69 Å². The molecule has 0 spiro atoms. The number of aryl methyl sites for hydroxylation is 1. The molecule has 0 saturated heterocycles. The van der Waals surface area contributed by atoms with Crippen molar-refractivity contribution in [3.8, 4) is 0 Å². The fraction of sp³-hybridized carbons (Fsp3) is 0.444. The van der Waals surface area contributed by atoms with Crippen molar-refractivity contribution < 1.29 is 9.90 Å². The van der Waals surface area contributed by atoms with Gasteiger partial charge < -0.3 is 10.4 Å². The lowest BCUT2D eigenvalue weighted by molar-refractivity contribution is 0.0843. The van der Waals surface area contributed by atoms with Gasteiger partial charge in [0, 0.05) is 17.5 Å². The van der Waals surface area contributed by atoms with Crippen molar-refractivity contribution in [1.29, 1.82) is 0 Å². The first-order valence-electron chi connectivity index (χ1n) is 7.88. The van der Waals surface area contributed by atoms with Gasteiger partial charge in [-0.25, -0.2) is 0 Å². The Morgan fingerprint density at radius 2 is 1.88 bits per heavy atom. The molecule has 0 fully saturated rings. The Kier molecular flexibility index (Phi) is 5.35. The summed E-state index contributed by atoms with van der Waals surface area (Å²) in [5.41, 5.74) is 1.88. The average Bonchev–Trinajstić information content (AvgIpc) is 2.89. The van der Waals surface area contributed by atoms with Crippen LogP contribution in [-0.4, -0.2) is 26.8 Å². The van der Waals surface area contributed by atoms with Crippen LogP contribution in [0.3, 0.4) is 0 Å². The second-order valence-electron chi connectivity index (χ2n) is 7.05. The number of hydrogen-bond donors (Lipinski definition) is 2. The molecule has 5 nitrogen and oxygen atoms in total. The molecule has 130 valence electrons. The number of nitrogens with zero attached hydrogens (tertiary/aromatic N) is 2. The predicted octanol–water partition coefficient (Wildman–Crippen LogP) is 3.22. The number of halogens is 1. The van der Waals surface area contributed by atoms with E-state index in [0.29, 0.717) is 16.3 Å². The number of aliphatic hydroxyl groups excluding tert-OH is 1. The summed E-state index contributed by atoms with van der Waals surface area (Å²) in [5, 5.41) is 18.2. The van der Waals surface area contributed by atoms with Crippen LogP contribution in [0.4, 0.5) is 0 Å². The van der Waals surface area contributed by atoms with Gasteiger partial charge in [-0.15, -0.1) is 0 Å². The summed E-state index contributed by atoms with van der Waals surface area (Å²) in [6, 6.07) is 8.26. The molecule has 1 amide bonds. The number of aliphatic hydroxyl groups is 1. The Balaban J connectivity index is 2.11. The van der Waals surface area contributed by atoms with E-state index in [0.717, 1.165) is 5.69 Å². The molecule has 0 aliphatic heterocycles. The van der Waals surface area contributed by atoms with Gasteiger partial charge in [0.2, 0.25) is 0 Å². The van der Waals surface area contributed by atoms with Crippen LogP contribution in [-0.2, 0) is 12.5 Å². The molecule has 2 unspecified atom stereocenters. The minimum atomic E-state index is -0.818. The van der Waals surface area contributed by atoms with Gasteiger partial charge in [-0.1, -0.05) is 44.5 Å². The largest absolute Gasteiger partial charge is 0.386 e. The number of carbonyl (C=O) groups is 1. The van der Waals surface area contributed by atoms with Crippen molar-refractivity contribution in [2.45, 2.75) is 45.3 Å². The number of hydrogen-bond acceptors (Lipinski definition) is 3. The van der Waals surface area contributed by atoms with Crippen LogP contribution in [0.2, 0.25) is 5.02 Å². The maximum atomic E-state index is 12.5. The van der Waals surface area contributed by atoms with E-state index in [9.17, 15) is 9.90 Å². The highest BCUT2D eigenvalue weighted by Gasteiger charge is 2.24. The molecule has 0 radical (unpaired) electrons. The third-order valence-corrected chi connectivity index (χ3v) is 4.18. The molecule has 0 bridgehead atoms. The topological polar surface area (TPSA) is 67.2 Å². The molecule has 0 aliphatic rings. The average molecular weight is 350 g/mol. The molecule has 1 aromatic heterocycles. The lowest BCUT2D eigenvalue weighted by atomic mass is 9.92. The van der Waals surface area contributed by atoms with Gasteiger partial charge in [0.05, 0.1) is 17.8 Å². The van der Waals surface area contributed by atoms with Crippen molar-refractivity contribution in [2.75, 3.05) is 0 Å². The molecule has 6 heteroatoms.